The molecule has 0 amide bonds. The third-order valence-corrected chi connectivity index (χ3v) is 4.24. The number of aryl methyl sites for hydroxylation is 2. The van der Waals surface area contributed by atoms with Gasteiger partial charge in [-0.1, -0.05) is 30.3 Å². The van der Waals surface area contributed by atoms with Gasteiger partial charge in [0.15, 0.2) is 11.5 Å². The minimum absolute atomic E-state index is 0.0123. The number of Topliss-reactive ketones (excluding diaryl/α,β-unsaturated/α-hetero) is 1. The van der Waals surface area contributed by atoms with Crippen LogP contribution < -0.4 is 0 Å². The Morgan fingerprint density at radius 2 is 1.88 bits per heavy atom. The Hall–Kier alpha value is -2.21. The molecule has 0 unspecified atom stereocenters. The number of esters is 1. The van der Waals surface area contributed by atoms with Crippen LogP contribution in [0, 0.1) is 0 Å². The minimum Gasteiger partial charge on any atom is -0.504 e. The molecule has 5 nitrogen and oxygen atoms in total. The average Bonchev–Trinajstić information content (AvgIpc) is 2.61. The highest BCUT2D eigenvalue weighted by atomic mass is 79.9. The average molecular weight is 406 g/mol. The molecule has 0 fully saturated rings. The number of aromatic nitrogens is 1. The van der Waals surface area contributed by atoms with Crippen molar-refractivity contribution >= 4 is 27.7 Å². The van der Waals surface area contributed by atoms with Gasteiger partial charge in [0.05, 0.1) is 17.5 Å². The first-order valence-corrected chi connectivity index (χ1v) is 8.91. The van der Waals surface area contributed by atoms with Gasteiger partial charge in [-0.25, -0.2) is 4.98 Å². The largest absolute Gasteiger partial charge is 0.504 e. The molecular formula is C19H20BrNO4. The molecule has 0 aliphatic heterocycles. The zero-order chi connectivity index (χ0) is 18.2. The van der Waals surface area contributed by atoms with Crippen molar-refractivity contribution in [2.45, 2.75) is 32.6 Å². The van der Waals surface area contributed by atoms with E-state index < -0.39 is 5.97 Å². The third kappa shape index (κ3) is 5.67. The van der Waals surface area contributed by atoms with Crippen LogP contribution in [0.1, 0.15) is 41.5 Å². The van der Waals surface area contributed by atoms with Gasteiger partial charge in [-0.15, -0.1) is 0 Å². The van der Waals surface area contributed by atoms with Gasteiger partial charge < -0.3 is 9.84 Å². The predicted molar refractivity (Wildman–Crippen MR) is 97.6 cm³/mol. The molecule has 1 N–H and O–H groups in total. The van der Waals surface area contributed by atoms with Gasteiger partial charge in [0.1, 0.15) is 5.69 Å². The second kappa shape index (κ2) is 9.32. The van der Waals surface area contributed by atoms with Crippen molar-refractivity contribution in [2.24, 2.45) is 0 Å². The predicted octanol–water partition coefficient (Wildman–Crippen LogP) is 3.86. The van der Waals surface area contributed by atoms with Crippen molar-refractivity contribution in [3.8, 4) is 5.75 Å². The van der Waals surface area contributed by atoms with E-state index in [1.165, 1.54) is 5.56 Å². The zero-order valence-electron chi connectivity index (χ0n) is 14.0. The van der Waals surface area contributed by atoms with E-state index >= 15 is 0 Å². The Bertz CT molecular complexity index is 747. The molecule has 132 valence electrons. The fraction of sp³-hybridized carbons (Fsp3) is 0.316. The van der Waals surface area contributed by atoms with Gasteiger partial charge >= 0.3 is 5.97 Å². The number of carbonyl (C=O) groups is 2. The van der Waals surface area contributed by atoms with Gasteiger partial charge in [0.25, 0.3) is 0 Å². The summed E-state index contributed by atoms with van der Waals surface area (Å²) < 4.78 is 5.23. The lowest BCUT2D eigenvalue weighted by atomic mass is 10.1. The molecule has 0 radical (unpaired) electrons. The highest BCUT2D eigenvalue weighted by Gasteiger charge is 2.18. The van der Waals surface area contributed by atoms with Crippen molar-refractivity contribution in [1.82, 2.24) is 4.98 Å². The van der Waals surface area contributed by atoms with Crippen molar-refractivity contribution in [3.63, 3.8) is 0 Å². The molecule has 1 aromatic carbocycles. The van der Waals surface area contributed by atoms with E-state index in [0.717, 1.165) is 6.42 Å². The first kappa shape index (κ1) is 19.1. The first-order valence-electron chi connectivity index (χ1n) is 8.12. The van der Waals surface area contributed by atoms with Crippen molar-refractivity contribution < 1.29 is 19.4 Å². The summed E-state index contributed by atoms with van der Waals surface area (Å²) in [6.07, 6.45) is 1.34. The van der Waals surface area contributed by atoms with Crippen LogP contribution in [0.5, 0.6) is 5.75 Å². The fourth-order valence-corrected chi connectivity index (χ4v) is 2.82. The van der Waals surface area contributed by atoms with Gasteiger partial charge in [-0.3, -0.25) is 9.59 Å². The molecule has 0 bridgehead atoms. The number of aromatic hydroxyl groups is 1. The maximum Gasteiger partial charge on any atom is 0.306 e. The lowest BCUT2D eigenvalue weighted by Gasteiger charge is -2.09. The highest BCUT2D eigenvalue weighted by molar-refractivity contribution is 9.10. The lowest BCUT2D eigenvalue weighted by Crippen LogP contribution is -2.10. The number of ether oxygens (including phenoxy) is 1. The highest BCUT2D eigenvalue weighted by Crippen LogP contribution is 2.29. The van der Waals surface area contributed by atoms with E-state index in [2.05, 4.69) is 20.9 Å². The van der Waals surface area contributed by atoms with Crippen molar-refractivity contribution in [1.29, 1.82) is 0 Å². The number of carbonyl (C=O) groups excluding carboxylic acids is 2. The molecule has 2 aromatic rings. The summed E-state index contributed by atoms with van der Waals surface area (Å²) in [5.74, 6) is -1.01. The molecular weight excluding hydrogens is 386 g/mol. The molecule has 0 saturated carbocycles. The molecule has 1 aromatic heterocycles. The zero-order valence-corrected chi connectivity index (χ0v) is 15.6. The summed E-state index contributed by atoms with van der Waals surface area (Å²) in [6.45, 7) is 1.98. The van der Waals surface area contributed by atoms with E-state index in [1.54, 1.807) is 13.0 Å². The Balaban J connectivity index is 2.08. The second-order valence-electron chi connectivity index (χ2n) is 5.51. The smallest absolute Gasteiger partial charge is 0.306 e. The van der Waals surface area contributed by atoms with E-state index in [4.69, 9.17) is 4.74 Å². The Morgan fingerprint density at radius 1 is 1.16 bits per heavy atom. The number of halogens is 1. The summed E-state index contributed by atoms with van der Waals surface area (Å²) in [7, 11) is 0. The van der Waals surface area contributed by atoms with Crippen LogP contribution in [0.2, 0.25) is 0 Å². The summed E-state index contributed by atoms with van der Waals surface area (Å²) in [5, 5.41) is 10.1. The summed E-state index contributed by atoms with van der Waals surface area (Å²) in [5.41, 5.74) is 1.86. The maximum atomic E-state index is 12.3. The van der Waals surface area contributed by atoms with E-state index in [1.807, 2.05) is 30.3 Å². The molecule has 0 aliphatic rings. The summed E-state index contributed by atoms with van der Waals surface area (Å²) in [4.78, 5) is 28.0. The number of ketones is 1. The van der Waals surface area contributed by atoms with Gasteiger partial charge in [0.2, 0.25) is 0 Å². The van der Waals surface area contributed by atoms with Gasteiger partial charge in [0, 0.05) is 12.1 Å². The standard InChI is InChI=1S/C19H20BrNO4/c1-2-25-17(23)11-10-16(22)18-19(24)15(20)12-14(21-18)9-8-13-6-4-3-5-7-13/h3-7,12,24H,2,8-11H2,1H3. The van der Waals surface area contributed by atoms with Crippen LogP contribution in [0.25, 0.3) is 0 Å². The monoisotopic (exact) mass is 405 g/mol. The first-order chi connectivity index (χ1) is 12.0. The normalized spacial score (nSPS) is 10.5. The number of hydrogen-bond acceptors (Lipinski definition) is 5. The number of benzene rings is 1. The van der Waals surface area contributed by atoms with Crippen molar-refractivity contribution in [2.75, 3.05) is 6.61 Å². The SMILES string of the molecule is CCOC(=O)CCC(=O)c1nc(CCc2ccccc2)cc(Br)c1O. The number of pyridine rings is 1. The van der Waals surface area contributed by atoms with Crippen LogP contribution in [0.4, 0.5) is 0 Å². The van der Waals surface area contributed by atoms with Crippen LogP contribution >= 0.6 is 15.9 Å². The van der Waals surface area contributed by atoms with Crippen molar-refractivity contribution in [3.05, 3.63) is 57.8 Å². The van der Waals surface area contributed by atoms with Crippen LogP contribution in [-0.2, 0) is 22.4 Å². The Morgan fingerprint density at radius 3 is 2.56 bits per heavy atom. The molecule has 25 heavy (non-hydrogen) atoms. The third-order valence-electron chi connectivity index (χ3n) is 3.64. The second-order valence-corrected chi connectivity index (χ2v) is 6.36. The molecule has 6 heteroatoms. The van der Waals surface area contributed by atoms with Gasteiger partial charge in [-0.05, 0) is 47.3 Å². The summed E-state index contributed by atoms with van der Waals surface area (Å²) >= 11 is 3.26. The van der Waals surface area contributed by atoms with Crippen LogP contribution in [-0.4, -0.2) is 28.4 Å². The number of rotatable bonds is 8. The maximum absolute atomic E-state index is 12.3. The van der Waals surface area contributed by atoms with Crippen LogP contribution in [0.3, 0.4) is 0 Å². The molecule has 0 spiro atoms. The quantitative estimate of drug-likeness (QED) is 0.532. The Labute approximate surface area is 155 Å². The number of hydrogen-bond donors (Lipinski definition) is 1. The van der Waals surface area contributed by atoms with E-state index in [-0.39, 0.29) is 36.7 Å². The van der Waals surface area contributed by atoms with Crippen LogP contribution in [0.15, 0.2) is 40.9 Å². The molecule has 0 atom stereocenters. The Kier molecular flexibility index (Phi) is 7.13. The molecule has 1 heterocycles. The molecule has 0 saturated heterocycles. The molecule has 0 aliphatic carbocycles. The fourth-order valence-electron chi connectivity index (χ4n) is 2.36. The minimum atomic E-state index is -0.436. The summed E-state index contributed by atoms with van der Waals surface area (Å²) in [6, 6.07) is 11.7. The topological polar surface area (TPSA) is 76.5 Å². The van der Waals surface area contributed by atoms with Gasteiger partial charge in [-0.2, -0.15) is 0 Å². The van der Waals surface area contributed by atoms with E-state index in [9.17, 15) is 14.7 Å². The van der Waals surface area contributed by atoms with E-state index in [0.29, 0.717) is 16.6 Å². The lowest BCUT2D eigenvalue weighted by molar-refractivity contribution is -0.143. The number of nitrogens with zero attached hydrogens (tertiary/aromatic N) is 1. The molecule has 2 rings (SSSR count).